The fourth-order valence-corrected chi connectivity index (χ4v) is 1.92. The Morgan fingerprint density at radius 1 is 1.54 bits per heavy atom. The molecule has 4 N–H and O–H groups in total. The molecule has 0 bridgehead atoms. The van der Waals surface area contributed by atoms with Crippen LogP contribution in [0.2, 0.25) is 0 Å². The Hall–Kier alpha value is -0.770. The fraction of sp³-hybridized carbons (Fsp3) is 0.889. The molecule has 1 rings (SSSR count). The van der Waals surface area contributed by atoms with Crippen LogP contribution in [0.5, 0.6) is 0 Å². The molecule has 4 nitrogen and oxygen atoms in total. The van der Waals surface area contributed by atoms with Crippen LogP contribution >= 0.6 is 0 Å². The Kier molecular flexibility index (Phi) is 3.14. The lowest BCUT2D eigenvalue weighted by atomic mass is 9.92. The van der Waals surface area contributed by atoms with Crippen LogP contribution in [0, 0.1) is 5.41 Å². The fourth-order valence-electron chi connectivity index (χ4n) is 1.92. The van der Waals surface area contributed by atoms with Gasteiger partial charge in [-0.1, -0.05) is 13.8 Å². The normalized spacial score (nSPS) is 27.4. The van der Waals surface area contributed by atoms with E-state index in [1.807, 2.05) is 0 Å². The van der Waals surface area contributed by atoms with Crippen LogP contribution in [0.4, 0.5) is 0 Å². The second kappa shape index (κ2) is 3.96. The lowest BCUT2D eigenvalue weighted by molar-refractivity contribution is 0.372. The Balaban J connectivity index is 2.40. The molecule has 0 heterocycles. The van der Waals surface area contributed by atoms with Crippen molar-refractivity contribution in [3.05, 3.63) is 0 Å². The molecule has 76 valence electrons. The molecule has 1 saturated carbocycles. The van der Waals surface area contributed by atoms with Crippen molar-refractivity contribution in [2.75, 3.05) is 7.05 Å². The molecule has 0 aliphatic heterocycles. The average molecular weight is 184 g/mol. The largest absolute Gasteiger partial charge is 0.353 e. The molecule has 0 amide bonds. The van der Waals surface area contributed by atoms with Crippen LogP contribution < -0.4 is 16.6 Å². The predicted molar refractivity (Wildman–Crippen MR) is 55.2 cm³/mol. The van der Waals surface area contributed by atoms with Gasteiger partial charge in [0.2, 0.25) is 5.96 Å². The van der Waals surface area contributed by atoms with Gasteiger partial charge in [-0.15, -0.1) is 0 Å². The van der Waals surface area contributed by atoms with E-state index in [-0.39, 0.29) is 0 Å². The van der Waals surface area contributed by atoms with Crippen molar-refractivity contribution in [3.63, 3.8) is 0 Å². The molecule has 1 atom stereocenters. The number of aliphatic imine (C=N–C) groups is 1. The van der Waals surface area contributed by atoms with Crippen LogP contribution in [-0.2, 0) is 0 Å². The number of nitrogens with one attached hydrogen (secondary N) is 2. The number of rotatable bonds is 1. The predicted octanol–water partition coefficient (Wildman–Crippen LogP) is 0.604. The average Bonchev–Trinajstić information content (AvgIpc) is 2.41. The van der Waals surface area contributed by atoms with Crippen LogP contribution in [0.3, 0.4) is 0 Å². The quantitative estimate of drug-likeness (QED) is 0.242. The second-order valence-corrected chi connectivity index (χ2v) is 4.46. The van der Waals surface area contributed by atoms with E-state index >= 15 is 0 Å². The molecule has 0 radical (unpaired) electrons. The van der Waals surface area contributed by atoms with Gasteiger partial charge in [-0.25, -0.2) is 5.84 Å². The van der Waals surface area contributed by atoms with Crippen LogP contribution in [-0.4, -0.2) is 19.0 Å². The summed E-state index contributed by atoms with van der Waals surface area (Å²) in [5.74, 6) is 5.97. The summed E-state index contributed by atoms with van der Waals surface area (Å²) >= 11 is 0. The van der Waals surface area contributed by atoms with Gasteiger partial charge in [0.05, 0.1) is 0 Å². The lowest BCUT2D eigenvalue weighted by Gasteiger charge is -2.18. The molecule has 4 heteroatoms. The van der Waals surface area contributed by atoms with Crippen molar-refractivity contribution >= 4 is 5.96 Å². The molecule has 1 aliphatic rings. The highest BCUT2D eigenvalue weighted by molar-refractivity contribution is 5.79. The van der Waals surface area contributed by atoms with Crippen LogP contribution in [0.25, 0.3) is 0 Å². The van der Waals surface area contributed by atoms with E-state index in [9.17, 15) is 0 Å². The van der Waals surface area contributed by atoms with E-state index < -0.39 is 0 Å². The maximum atomic E-state index is 5.29. The lowest BCUT2D eigenvalue weighted by Crippen LogP contribution is -2.45. The summed E-state index contributed by atoms with van der Waals surface area (Å²) in [6, 6.07) is 0.518. The minimum Gasteiger partial charge on any atom is -0.353 e. The van der Waals surface area contributed by atoms with Crippen molar-refractivity contribution in [1.29, 1.82) is 0 Å². The maximum absolute atomic E-state index is 5.29. The maximum Gasteiger partial charge on any atom is 0.205 e. The standard InChI is InChI=1S/C9H20N4/c1-9(2)5-4-7(6-9)12-8(11-3)13-10/h7H,4-6,10H2,1-3H3,(H2,11,12,13). The monoisotopic (exact) mass is 184 g/mol. The number of hydrogen-bond donors (Lipinski definition) is 3. The number of hydrazine groups is 1. The summed E-state index contributed by atoms with van der Waals surface area (Å²) in [5.41, 5.74) is 3.01. The van der Waals surface area contributed by atoms with E-state index in [1.54, 1.807) is 7.05 Å². The first-order chi connectivity index (χ1) is 6.07. The van der Waals surface area contributed by atoms with Crippen LogP contribution in [0.1, 0.15) is 33.1 Å². The number of hydrogen-bond acceptors (Lipinski definition) is 2. The Bertz CT molecular complexity index is 198. The van der Waals surface area contributed by atoms with Gasteiger partial charge in [0.1, 0.15) is 0 Å². The zero-order valence-corrected chi connectivity index (χ0v) is 8.72. The smallest absolute Gasteiger partial charge is 0.205 e. The zero-order chi connectivity index (χ0) is 9.90. The molecule has 0 aromatic carbocycles. The number of nitrogens with zero attached hydrogens (tertiary/aromatic N) is 1. The third-order valence-corrected chi connectivity index (χ3v) is 2.67. The minimum absolute atomic E-state index is 0.463. The van der Waals surface area contributed by atoms with E-state index in [2.05, 4.69) is 29.6 Å². The van der Waals surface area contributed by atoms with Crippen LogP contribution in [0.15, 0.2) is 4.99 Å². The van der Waals surface area contributed by atoms with Gasteiger partial charge in [-0.3, -0.25) is 10.4 Å². The topological polar surface area (TPSA) is 62.4 Å². The first-order valence-electron chi connectivity index (χ1n) is 4.77. The van der Waals surface area contributed by atoms with Gasteiger partial charge in [-0.05, 0) is 24.7 Å². The first kappa shape index (κ1) is 10.3. The summed E-state index contributed by atoms with van der Waals surface area (Å²) in [6.07, 6.45) is 3.66. The minimum atomic E-state index is 0.463. The van der Waals surface area contributed by atoms with E-state index in [0.29, 0.717) is 17.4 Å². The molecule has 13 heavy (non-hydrogen) atoms. The summed E-state index contributed by atoms with van der Waals surface area (Å²) in [5, 5.41) is 3.28. The second-order valence-electron chi connectivity index (χ2n) is 4.46. The number of guanidine groups is 1. The van der Waals surface area contributed by atoms with Crippen molar-refractivity contribution in [1.82, 2.24) is 10.7 Å². The Morgan fingerprint density at radius 2 is 2.23 bits per heavy atom. The van der Waals surface area contributed by atoms with Gasteiger partial charge in [0.25, 0.3) is 0 Å². The molecule has 1 aliphatic carbocycles. The van der Waals surface area contributed by atoms with Crippen molar-refractivity contribution in [3.8, 4) is 0 Å². The van der Waals surface area contributed by atoms with Crippen molar-refractivity contribution in [2.45, 2.75) is 39.2 Å². The van der Waals surface area contributed by atoms with Crippen molar-refractivity contribution < 1.29 is 0 Å². The molecule has 1 fully saturated rings. The highest BCUT2D eigenvalue weighted by Gasteiger charge is 2.31. The van der Waals surface area contributed by atoms with E-state index in [1.165, 1.54) is 19.3 Å². The van der Waals surface area contributed by atoms with Gasteiger partial charge >= 0.3 is 0 Å². The molecular weight excluding hydrogens is 164 g/mol. The van der Waals surface area contributed by atoms with E-state index in [4.69, 9.17) is 5.84 Å². The summed E-state index contributed by atoms with van der Waals surface area (Å²) in [4.78, 5) is 3.99. The Morgan fingerprint density at radius 3 is 2.62 bits per heavy atom. The van der Waals surface area contributed by atoms with Gasteiger partial charge in [0, 0.05) is 13.1 Å². The van der Waals surface area contributed by atoms with Gasteiger partial charge < -0.3 is 5.32 Å². The van der Waals surface area contributed by atoms with Gasteiger partial charge in [0.15, 0.2) is 0 Å². The molecule has 0 aromatic heterocycles. The first-order valence-corrected chi connectivity index (χ1v) is 4.77. The molecular formula is C9H20N4. The molecule has 1 unspecified atom stereocenters. The third-order valence-electron chi connectivity index (χ3n) is 2.67. The zero-order valence-electron chi connectivity index (χ0n) is 8.72. The molecule has 0 aromatic rings. The molecule has 0 spiro atoms. The summed E-state index contributed by atoms with van der Waals surface area (Å²) in [6.45, 7) is 4.60. The summed E-state index contributed by atoms with van der Waals surface area (Å²) < 4.78 is 0. The third kappa shape index (κ3) is 2.88. The highest BCUT2D eigenvalue weighted by Crippen LogP contribution is 2.36. The number of nitrogens with two attached hydrogens (primary N) is 1. The Labute approximate surface area is 80.0 Å². The van der Waals surface area contributed by atoms with E-state index in [0.717, 1.165) is 0 Å². The van der Waals surface area contributed by atoms with Crippen molar-refractivity contribution in [2.24, 2.45) is 16.3 Å². The summed E-state index contributed by atoms with van der Waals surface area (Å²) in [7, 11) is 1.72. The van der Waals surface area contributed by atoms with Gasteiger partial charge in [-0.2, -0.15) is 0 Å². The highest BCUT2D eigenvalue weighted by atomic mass is 15.3. The SMILES string of the molecule is CN=C(NN)NC1CCC(C)(C)C1. The molecule has 0 saturated heterocycles.